The van der Waals surface area contributed by atoms with Crippen LogP contribution in [0.1, 0.15) is 34.5 Å². The van der Waals surface area contributed by atoms with Crippen LogP contribution in [0.5, 0.6) is 0 Å². The minimum Gasteiger partial charge on any atom is -0.469 e. The molecule has 1 aromatic carbocycles. The molecule has 1 saturated heterocycles. The van der Waals surface area contributed by atoms with Gasteiger partial charge in [0.25, 0.3) is 0 Å². The number of piperazine rings is 1. The second-order valence-electron chi connectivity index (χ2n) is 10.9. The second kappa shape index (κ2) is 13.9. The molecule has 0 radical (unpaired) electrons. The number of nitrogens with zero attached hydrogens (tertiary/aromatic N) is 5. The Hall–Kier alpha value is -4.19. The first-order chi connectivity index (χ1) is 20.9. The third-order valence-corrected chi connectivity index (χ3v) is 7.95. The lowest BCUT2D eigenvalue weighted by molar-refractivity contribution is -0.140. The van der Waals surface area contributed by atoms with E-state index in [1.807, 2.05) is 31.2 Å². The van der Waals surface area contributed by atoms with Gasteiger partial charge < -0.3 is 25.0 Å². The number of anilines is 3. The monoisotopic (exact) mass is 585 g/mol. The number of amides is 1. The zero-order valence-electron chi connectivity index (χ0n) is 25.2. The molecule has 43 heavy (non-hydrogen) atoms. The summed E-state index contributed by atoms with van der Waals surface area (Å²) < 4.78 is 10.2. The van der Waals surface area contributed by atoms with Crippen LogP contribution in [0.25, 0.3) is 5.57 Å². The van der Waals surface area contributed by atoms with Gasteiger partial charge in [0.1, 0.15) is 6.04 Å². The van der Waals surface area contributed by atoms with Gasteiger partial charge in [0.2, 0.25) is 11.9 Å². The first-order valence-electron chi connectivity index (χ1n) is 14.5. The van der Waals surface area contributed by atoms with Gasteiger partial charge in [0.15, 0.2) is 0 Å². The van der Waals surface area contributed by atoms with E-state index in [0.717, 1.165) is 71.2 Å². The first-order valence-corrected chi connectivity index (χ1v) is 14.5. The van der Waals surface area contributed by atoms with Crippen LogP contribution in [0.15, 0.2) is 48.8 Å². The topological polar surface area (TPSA) is 122 Å². The number of likely N-dealkylation sites (N-methyl/N-ethyl adjacent to an activating group) is 1. The van der Waals surface area contributed by atoms with Gasteiger partial charge >= 0.3 is 5.97 Å². The zero-order chi connectivity index (χ0) is 30.3. The van der Waals surface area contributed by atoms with Crippen molar-refractivity contribution in [3.05, 3.63) is 76.9 Å². The van der Waals surface area contributed by atoms with Crippen molar-refractivity contribution in [3.63, 3.8) is 0 Å². The highest BCUT2D eigenvalue weighted by Crippen LogP contribution is 2.37. The molecule has 11 nitrogen and oxygen atoms in total. The lowest BCUT2D eigenvalue weighted by atomic mass is 9.99. The fraction of sp³-hybridized carbons (Fsp3) is 0.406. The summed E-state index contributed by atoms with van der Waals surface area (Å²) in [5.41, 5.74) is 7.25. The number of rotatable bonds is 11. The zero-order valence-corrected chi connectivity index (χ0v) is 25.2. The summed E-state index contributed by atoms with van der Waals surface area (Å²) in [4.78, 5) is 43.2. The minimum atomic E-state index is -0.352. The lowest BCUT2D eigenvalue weighted by Crippen LogP contribution is -2.54. The van der Waals surface area contributed by atoms with Gasteiger partial charge in [-0.3, -0.25) is 19.5 Å². The highest BCUT2D eigenvalue weighted by Gasteiger charge is 2.30. The molecular weight excluding hydrogens is 546 g/mol. The molecule has 2 aliphatic rings. The van der Waals surface area contributed by atoms with Gasteiger partial charge in [0, 0.05) is 74.7 Å². The van der Waals surface area contributed by atoms with E-state index < -0.39 is 0 Å². The van der Waals surface area contributed by atoms with Crippen LogP contribution in [-0.4, -0.2) is 96.7 Å². The minimum absolute atomic E-state index is 0.0544. The number of allylic oxidation sites excluding steroid dienone is 1. The second-order valence-corrected chi connectivity index (χ2v) is 10.9. The molecule has 3 aromatic rings. The van der Waals surface area contributed by atoms with E-state index in [-0.39, 0.29) is 24.3 Å². The normalized spacial score (nSPS) is 15.9. The molecule has 0 unspecified atom stereocenters. The number of esters is 1. The van der Waals surface area contributed by atoms with E-state index in [2.05, 4.69) is 49.6 Å². The van der Waals surface area contributed by atoms with E-state index in [9.17, 15) is 9.59 Å². The number of aryl methyl sites for hydroxylation is 2. The molecule has 3 heterocycles. The summed E-state index contributed by atoms with van der Waals surface area (Å²) >= 11 is 0. The Morgan fingerprint density at radius 2 is 1.91 bits per heavy atom. The molecule has 1 aliphatic carbocycles. The maximum Gasteiger partial charge on any atom is 0.305 e. The summed E-state index contributed by atoms with van der Waals surface area (Å²) in [6.45, 7) is 5.84. The first kappa shape index (κ1) is 30.3. The van der Waals surface area contributed by atoms with Crippen molar-refractivity contribution in [2.45, 2.75) is 32.2 Å². The molecular formula is C32H39N7O4. The maximum absolute atomic E-state index is 13.5. The SMILES string of the molecule is COC[C@H](C(=O)Nc1cccc2c1CC=C2c1nc(Nc2ccnc(CCC(=O)OC)c2)ncc1C)N1CCN(C)CC1. The number of carbonyl (C=O) groups is 2. The van der Waals surface area contributed by atoms with Gasteiger partial charge in [-0.15, -0.1) is 0 Å². The molecule has 1 aliphatic heterocycles. The van der Waals surface area contributed by atoms with E-state index in [1.165, 1.54) is 7.11 Å². The van der Waals surface area contributed by atoms with Crippen molar-refractivity contribution in [2.75, 3.05) is 64.7 Å². The van der Waals surface area contributed by atoms with E-state index in [0.29, 0.717) is 25.4 Å². The predicted octanol–water partition coefficient (Wildman–Crippen LogP) is 3.22. The average Bonchev–Trinajstić information content (AvgIpc) is 3.45. The molecule has 1 atom stereocenters. The summed E-state index contributed by atoms with van der Waals surface area (Å²) in [5.74, 6) is 0.129. The fourth-order valence-corrected chi connectivity index (χ4v) is 5.50. The Morgan fingerprint density at radius 3 is 2.67 bits per heavy atom. The molecule has 0 spiro atoms. The molecule has 226 valence electrons. The Kier molecular flexibility index (Phi) is 9.75. The molecule has 0 saturated carbocycles. The van der Waals surface area contributed by atoms with Crippen molar-refractivity contribution in [1.82, 2.24) is 24.8 Å². The summed E-state index contributed by atoms with van der Waals surface area (Å²) in [7, 11) is 5.12. The Balaban J connectivity index is 1.32. The van der Waals surface area contributed by atoms with Crippen molar-refractivity contribution in [3.8, 4) is 0 Å². The number of methoxy groups -OCH3 is 2. The number of benzene rings is 1. The smallest absolute Gasteiger partial charge is 0.305 e. The van der Waals surface area contributed by atoms with Crippen LogP contribution in [-0.2, 0) is 31.9 Å². The predicted molar refractivity (Wildman–Crippen MR) is 165 cm³/mol. The number of hydrogen-bond acceptors (Lipinski definition) is 10. The highest BCUT2D eigenvalue weighted by atomic mass is 16.5. The summed E-state index contributed by atoms with van der Waals surface area (Å²) in [5, 5.41) is 6.48. The van der Waals surface area contributed by atoms with Crippen molar-refractivity contribution in [1.29, 1.82) is 0 Å². The molecule has 1 amide bonds. The lowest BCUT2D eigenvalue weighted by Gasteiger charge is -2.36. The van der Waals surface area contributed by atoms with Gasteiger partial charge in [-0.25, -0.2) is 9.97 Å². The van der Waals surface area contributed by atoms with Gasteiger partial charge in [0.05, 0.1) is 25.8 Å². The van der Waals surface area contributed by atoms with Crippen LogP contribution in [0.2, 0.25) is 0 Å². The third kappa shape index (κ3) is 7.24. The van der Waals surface area contributed by atoms with Crippen LogP contribution in [0.3, 0.4) is 0 Å². The average molecular weight is 586 g/mol. The molecule has 5 rings (SSSR count). The Morgan fingerprint density at radius 1 is 1.09 bits per heavy atom. The Bertz CT molecular complexity index is 1500. The number of carbonyl (C=O) groups excluding carboxylic acids is 2. The van der Waals surface area contributed by atoms with Crippen LogP contribution < -0.4 is 10.6 Å². The van der Waals surface area contributed by atoms with Crippen LogP contribution in [0.4, 0.5) is 17.3 Å². The standard InChI is InChI=1S/C32H39N7O4/c1-21-19-34-32(35-23-12-13-33-22(18-23)8-11-29(40)43-4)37-30(21)26-10-9-25-24(26)6-5-7-27(25)36-31(41)28(20-42-3)39-16-14-38(2)15-17-39/h5-7,10,12-13,18-19,28H,8-9,11,14-17,20H2,1-4H3,(H,36,41)(H,33,34,35,37)/t28-/m1/s1. The molecule has 1 fully saturated rings. The third-order valence-electron chi connectivity index (χ3n) is 7.95. The van der Waals surface area contributed by atoms with Gasteiger partial charge in [-0.05, 0) is 55.3 Å². The summed E-state index contributed by atoms with van der Waals surface area (Å²) in [6, 6.07) is 9.36. The summed E-state index contributed by atoms with van der Waals surface area (Å²) in [6.07, 6.45) is 7.08. The van der Waals surface area contributed by atoms with Crippen molar-refractivity contribution in [2.24, 2.45) is 0 Å². The largest absolute Gasteiger partial charge is 0.469 e. The highest BCUT2D eigenvalue weighted by molar-refractivity contribution is 5.97. The van der Waals surface area contributed by atoms with Crippen molar-refractivity contribution >= 4 is 34.8 Å². The van der Waals surface area contributed by atoms with Crippen LogP contribution in [0, 0.1) is 6.92 Å². The van der Waals surface area contributed by atoms with E-state index in [1.54, 1.807) is 19.5 Å². The van der Waals surface area contributed by atoms with E-state index in [4.69, 9.17) is 14.5 Å². The van der Waals surface area contributed by atoms with Gasteiger partial charge in [-0.2, -0.15) is 0 Å². The molecule has 11 heteroatoms. The fourth-order valence-electron chi connectivity index (χ4n) is 5.50. The molecule has 2 aromatic heterocycles. The van der Waals surface area contributed by atoms with E-state index >= 15 is 0 Å². The van der Waals surface area contributed by atoms with Gasteiger partial charge in [-0.1, -0.05) is 18.2 Å². The van der Waals surface area contributed by atoms with Crippen molar-refractivity contribution < 1.29 is 19.1 Å². The molecule has 0 bridgehead atoms. The number of aromatic nitrogens is 3. The maximum atomic E-state index is 13.5. The number of pyridine rings is 1. The number of nitrogens with one attached hydrogen (secondary N) is 2. The number of fused-ring (bicyclic) bond motifs is 1. The Labute approximate surface area is 252 Å². The molecule has 2 N–H and O–H groups in total. The number of hydrogen-bond donors (Lipinski definition) is 2. The quantitative estimate of drug-likeness (QED) is 0.325. The van der Waals surface area contributed by atoms with Crippen LogP contribution >= 0.6 is 0 Å². The number of ether oxygens (including phenoxy) is 2.